The van der Waals surface area contributed by atoms with Gasteiger partial charge in [0, 0.05) is 11.8 Å². The number of benzene rings is 6. The summed E-state index contributed by atoms with van der Waals surface area (Å²) in [5.41, 5.74) is 2.52. The van der Waals surface area contributed by atoms with E-state index >= 15 is 0 Å². The van der Waals surface area contributed by atoms with E-state index in [4.69, 9.17) is 28.4 Å². The first-order valence-electron chi connectivity index (χ1n) is 26.0. The molecule has 0 saturated heterocycles. The molecule has 386 valence electrons. The molecule has 3 aliphatic carbocycles. The molecule has 12 heteroatoms. The summed E-state index contributed by atoms with van der Waals surface area (Å²) in [4.78, 5) is 81.4. The van der Waals surface area contributed by atoms with Gasteiger partial charge in [-0.1, -0.05) is 109 Å². The van der Waals surface area contributed by atoms with Gasteiger partial charge >= 0.3 is 35.8 Å². The molecule has 3 aliphatic rings. The highest BCUT2D eigenvalue weighted by atomic mass is 16.6. The van der Waals surface area contributed by atoms with E-state index in [0.717, 1.165) is 12.8 Å². The molecule has 0 spiro atoms. The van der Waals surface area contributed by atoms with Crippen molar-refractivity contribution in [2.45, 2.75) is 32.1 Å². The quantitative estimate of drug-likeness (QED) is 0.0527. The number of hydrogen-bond acceptors (Lipinski definition) is 12. The molecule has 0 heterocycles. The van der Waals surface area contributed by atoms with E-state index in [9.17, 15) is 28.8 Å². The Morgan fingerprint density at radius 1 is 0.280 bits per heavy atom. The molecule has 6 unspecified atom stereocenters. The van der Waals surface area contributed by atoms with Crippen LogP contribution in [-0.2, 0) is 28.4 Å². The minimum Gasteiger partial charge on any atom is -0.462 e. The van der Waals surface area contributed by atoms with E-state index in [2.05, 4.69) is 0 Å². The molecule has 0 bridgehead atoms. The van der Waals surface area contributed by atoms with Gasteiger partial charge in [0.1, 0.15) is 0 Å². The van der Waals surface area contributed by atoms with Gasteiger partial charge in [0.05, 0.1) is 73.0 Å². The normalized spacial score (nSPS) is 23.8. The molecule has 12 nitrogen and oxygen atoms in total. The average molecular weight is 1010 g/mol. The van der Waals surface area contributed by atoms with Crippen molar-refractivity contribution in [3.63, 3.8) is 0 Å². The molecule has 0 N–H and O–H groups in total. The lowest BCUT2D eigenvalue weighted by Gasteiger charge is -2.34. The predicted molar refractivity (Wildman–Crippen MR) is 278 cm³/mol. The first kappa shape index (κ1) is 52.0. The summed E-state index contributed by atoms with van der Waals surface area (Å²) < 4.78 is 36.7. The monoisotopic (exact) mass is 1010 g/mol. The number of ether oxygens (including phenoxy) is 6. The molecule has 6 aromatic carbocycles. The van der Waals surface area contributed by atoms with Crippen LogP contribution in [0.25, 0.3) is 0 Å². The maximum absolute atomic E-state index is 13.7. The van der Waals surface area contributed by atoms with Crippen LogP contribution >= 0.6 is 0 Å². The number of carbonyl (C=O) groups is 6. The van der Waals surface area contributed by atoms with Crippen molar-refractivity contribution in [2.75, 3.05) is 39.6 Å². The summed E-state index contributed by atoms with van der Waals surface area (Å²) in [6.45, 7) is 0.412. The van der Waals surface area contributed by atoms with Crippen LogP contribution in [0.15, 0.2) is 182 Å². The SMILES string of the molecule is O=C(OCC1CC(COC(=O)c2ccccc2)[C@@H](C2CCC([C@@H]3[C@H](COC(=O)c4ccccc4)CC(COC(=O)c4ccccc4)[C@H]3COC(=O)c3ccccc3)C2)C1COC(=O)c1ccccc1)c1ccccc1. The first-order valence-corrected chi connectivity index (χ1v) is 26.0. The van der Waals surface area contributed by atoms with Gasteiger partial charge in [0.15, 0.2) is 0 Å². The van der Waals surface area contributed by atoms with E-state index in [1.807, 2.05) is 36.4 Å². The fourth-order valence-electron chi connectivity index (χ4n) is 12.2. The Bertz CT molecular complexity index is 2630. The van der Waals surface area contributed by atoms with Crippen LogP contribution in [0.4, 0.5) is 0 Å². The van der Waals surface area contributed by atoms with E-state index in [0.29, 0.717) is 52.6 Å². The molecule has 10 atom stereocenters. The Labute approximate surface area is 437 Å². The molecule has 75 heavy (non-hydrogen) atoms. The minimum atomic E-state index is -0.469. The van der Waals surface area contributed by atoms with E-state index in [1.165, 1.54) is 0 Å². The van der Waals surface area contributed by atoms with Gasteiger partial charge in [-0.15, -0.1) is 0 Å². The van der Waals surface area contributed by atoms with E-state index < -0.39 is 35.8 Å². The smallest absolute Gasteiger partial charge is 0.338 e. The van der Waals surface area contributed by atoms with Crippen LogP contribution in [0, 0.1) is 59.2 Å². The highest BCUT2D eigenvalue weighted by Gasteiger charge is 2.54. The second-order valence-corrected chi connectivity index (χ2v) is 20.1. The lowest BCUT2D eigenvalue weighted by Crippen LogP contribution is -2.34. The first-order chi connectivity index (χ1) is 36.7. The van der Waals surface area contributed by atoms with Crippen molar-refractivity contribution in [3.8, 4) is 0 Å². The van der Waals surface area contributed by atoms with Crippen LogP contribution in [0.3, 0.4) is 0 Å². The third-order valence-corrected chi connectivity index (χ3v) is 15.7. The van der Waals surface area contributed by atoms with E-state index in [1.54, 1.807) is 146 Å². The van der Waals surface area contributed by atoms with Crippen molar-refractivity contribution < 1.29 is 57.2 Å². The second-order valence-electron chi connectivity index (χ2n) is 20.1. The summed E-state index contributed by atoms with van der Waals surface area (Å²) >= 11 is 0. The summed E-state index contributed by atoms with van der Waals surface area (Å²) in [6, 6.07) is 52.9. The molecular formula is C63H62O12. The van der Waals surface area contributed by atoms with Gasteiger partial charge in [0.2, 0.25) is 0 Å². The third-order valence-electron chi connectivity index (χ3n) is 15.7. The molecule has 0 aliphatic heterocycles. The van der Waals surface area contributed by atoms with Crippen molar-refractivity contribution >= 4 is 35.8 Å². The average Bonchev–Trinajstić information content (AvgIpc) is 4.19. The maximum atomic E-state index is 13.7. The Balaban J connectivity index is 1.02. The van der Waals surface area contributed by atoms with Gasteiger partial charge in [-0.3, -0.25) is 0 Å². The van der Waals surface area contributed by atoms with Crippen LogP contribution in [-0.4, -0.2) is 75.5 Å². The number of esters is 6. The molecule has 9 rings (SSSR count). The Kier molecular flexibility index (Phi) is 17.6. The molecule has 0 amide bonds. The van der Waals surface area contributed by atoms with Gasteiger partial charge in [0.25, 0.3) is 0 Å². The van der Waals surface area contributed by atoms with Crippen molar-refractivity contribution in [1.82, 2.24) is 0 Å². The largest absolute Gasteiger partial charge is 0.462 e. The summed E-state index contributed by atoms with van der Waals surface area (Å²) in [7, 11) is 0. The van der Waals surface area contributed by atoms with E-state index in [-0.39, 0.29) is 98.8 Å². The van der Waals surface area contributed by atoms with Gasteiger partial charge in [-0.25, -0.2) is 28.8 Å². The molecule has 3 saturated carbocycles. The van der Waals surface area contributed by atoms with Crippen LogP contribution in [0.5, 0.6) is 0 Å². The van der Waals surface area contributed by atoms with Crippen LogP contribution < -0.4 is 0 Å². The van der Waals surface area contributed by atoms with Crippen LogP contribution in [0.1, 0.15) is 94.3 Å². The topological polar surface area (TPSA) is 158 Å². The molecule has 3 fully saturated rings. The molecule has 6 aromatic rings. The lowest BCUT2D eigenvalue weighted by molar-refractivity contribution is 0.00970. The highest BCUT2D eigenvalue weighted by Crippen LogP contribution is 2.57. The second kappa shape index (κ2) is 25.4. The van der Waals surface area contributed by atoms with Crippen molar-refractivity contribution in [2.24, 2.45) is 59.2 Å². The standard InChI is InChI=1S/C63H62O12/c64-58(42-19-7-1-8-20-42)70-36-50-34-52(38-72-60(66)44-23-11-3-12-24-44)56(54(50)40-74-62(68)46-27-15-5-16-28-46)48-31-32-49(33-48)57-53(39-73-61(67)45-25-13-4-14-26-45)35-51(37-71-59(65)43-21-9-2-10-22-43)55(57)41-75-63(69)47-29-17-6-18-30-47/h1-30,48-57H,31-41H2/t48?,49?,50?,51?,52-,53?,54+,55?,56+,57+/m0/s1. The maximum Gasteiger partial charge on any atom is 0.338 e. The minimum absolute atomic E-state index is 0.0284. The van der Waals surface area contributed by atoms with Gasteiger partial charge in [-0.2, -0.15) is 0 Å². The van der Waals surface area contributed by atoms with Crippen molar-refractivity contribution in [1.29, 1.82) is 0 Å². The molecule has 0 aromatic heterocycles. The van der Waals surface area contributed by atoms with Crippen molar-refractivity contribution in [3.05, 3.63) is 215 Å². The Morgan fingerprint density at radius 2 is 0.493 bits per heavy atom. The molecular weight excluding hydrogens is 949 g/mol. The third kappa shape index (κ3) is 13.3. The summed E-state index contributed by atoms with van der Waals surface area (Å²) in [5, 5.41) is 0. The Hall–Kier alpha value is -7.86. The highest BCUT2D eigenvalue weighted by molar-refractivity contribution is 5.91. The summed E-state index contributed by atoms with van der Waals surface area (Å²) in [5.74, 6) is -4.46. The van der Waals surface area contributed by atoms with Gasteiger partial charge < -0.3 is 28.4 Å². The van der Waals surface area contributed by atoms with Gasteiger partial charge in [-0.05, 0) is 152 Å². The summed E-state index contributed by atoms with van der Waals surface area (Å²) in [6.07, 6.45) is 3.33. The zero-order valence-electron chi connectivity index (χ0n) is 41.8. The Morgan fingerprint density at radius 3 is 0.733 bits per heavy atom. The lowest BCUT2D eigenvalue weighted by atomic mass is 9.73. The molecule has 0 radical (unpaired) electrons. The zero-order chi connectivity index (χ0) is 51.9. The number of hydrogen-bond donors (Lipinski definition) is 0. The number of carbonyl (C=O) groups excluding carboxylic acids is 6. The van der Waals surface area contributed by atoms with Crippen LogP contribution in [0.2, 0.25) is 0 Å². The number of rotatable bonds is 20. The fraction of sp³-hybridized carbons (Fsp3) is 0.333. The predicted octanol–water partition coefficient (Wildman–Crippen LogP) is 11.3. The fourth-order valence-corrected chi connectivity index (χ4v) is 12.2. The zero-order valence-corrected chi connectivity index (χ0v) is 41.8.